The van der Waals surface area contributed by atoms with Gasteiger partial charge in [0.25, 0.3) is 0 Å². The van der Waals surface area contributed by atoms with Crippen LogP contribution in [0, 0.1) is 0 Å². The van der Waals surface area contributed by atoms with E-state index in [9.17, 15) is 4.79 Å². The summed E-state index contributed by atoms with van der Waals surface area (Å²) in [5, 5.41) is 3.35. The molecule has 0 aliphatic carbocycles. The molecule has 12 nitrogen and oxygen atoms in total. The molecule has 2 fully saturated rings. The number of morpholine rings is 1. The molecule has 6 bridgehead atoms. The molecule has 226 valence electrons. The number of urea groups is 1. The van der Waals surface area contributed by atoms with Gasteiger partial charge in [-0.2, -0.15) is 0 Å². The molecule has 5 heterocycles. The third kappa shape index (κ3) is 6.98. The zero-order valence-corrected chi connectivity index (χ0v) is 24.4. The first-order valence-electron chi connectivity index (χ1n) is 14.7. The number of aromatic nitrogens is 3. The van der Waals surface area contributed by atoms with E-state index in [1.165, 1.54) is 0 Å². The predicted octanol–water partition coefficient (Wildman–Crippen LogP) is 3.72. The van der Waals surface area contributed by atoms with Crippen LogP contribution in [0.5, 0.6) is 11.6 Å². The number of rotatable bonds is 2. The Morgan fingerprint density at radius 3 is 2.60 bits per heavy atom. The number of amides is 2. The number of ether oxygens (including phenoxy) is 4. The van der Waals surface area contributed by atoms with Crippen molar-refractivity contribution in [2.45, 2.75) is 13.0 Å². The maximum Gasteiger partial charge on any atom is 0.320 e. The molecule has 3 aliphatic rings. The van der Waals surface area contributed by atoms with Gasteiger partial charge in [0.2, 0.25) is 11.8 Å². The summed E-state index contributed by atoms with van der Waals surface area (Å²) in [4.78, 5) is 32.8. The van der Waals surface area contributed by atoms with Gasteiger partial charge in [-0.1, -0.05) is 12.2 Å². The normalized spacial score (nSPS) is 18.5. The largest absolute Gasteiger partial charge is 0.493 e. The smallest absolute Gasteiger partial charge is 0.320 e. The SMILES string of the molecule is COc1cnc2nc1-c1ccnc(c1)OCC/C=C/COCc1cc(ccc1N1CCN(C(=O)N3CCOCC3)CC1)N2. The number of methoxy groups -OCH3 is 1. The predicted molar refractivity (Wildman–Crippen MR) is 162 cm³/mol. The number of anilines is 3. The quantitative estimate of drug-likeness (QED) is 0.445. The van der Waals surface area contributed by atoms with E-state index in [4.69, 9.17) is 23.9 Å². The average Bonchev–Trinajstić information content (AvgIpc) is 3.06. The summed E-state index contributed by atoms with van der Waals surface area (Å²) in [6.07, 6.45) is 8.15. The van der Waals surface area contributed by atoms with E-state index in [1.54, 1.807) is 19.5 Å². The second kappa shape index (κ2) is 13.7. The summed E-state index contributed by atoms with van der Waals surface area (Å²) in [5.74, 6) is 1.51. The Hall–Kier alpha value is -4.42. The molecule has 0 unspecified atom stereocenters. The van der Waals surface area contributed by atoms with E-state index in [1.807, 2.05) is 34.1 Å². The van der Waals surface area contributed by atoms with Gasteiger partial charge in [0.15, 0.2) is 5.75 Å². The lowest BCUT2D eigenvalue weighted by atomic mass is 10.1. The van der Waals surface area contributed by atoms with Crippen molar-refractivity contribution in [1.29, 1.82) is 0 Å². The van der Waals surface area contributed by atoms with Crippen LogP contribution in [-0.4, -0.2) is 104 Å². The first-order chi connectivity index (χ1) is 21.2. The number of nitrogens with zero attached hydrogens (tertiary/aromatic N) is 6. The Kier molecular flexibility index (Phi) is 9.14. The molecular weight excluding hydrogens is 550 g/mol. The first kappa shape index (κ1) is 28.7. The number of fused-ring (bicyclic) bond motifs is 7. The van der Waals surface area contributed by atoms with Crippen LogP contribution in [0.15, 0.2) is 54.9 Å². The maximum atomic E-state index is 13.0. The van der Waals surface area contributed by atoms with Gasteiger partial charge in [-0.25, -0.2) is 19.7 Å². The third-order valence-corrected chi connectivity index (χ3v) is 7.66. The molecule has 12 heteroatoms. The highest BCUT2D eigenvalue weighted by Crippen LogP contribution is 2.32. The van der Waals surface area contributed by atoms with Crippen molar-refractivity contribution < 1.29 is 23.7 Å². The standard InChI is InChI=1S/C31H37N7O5/c1-40-27-21-33-30-34-25-5-6-26(36-9-11-37(12-10-36)31(39)38-13-17-41-18-14-38)24(19-25)22-42-15-3-2-4-16-43-28-20-23(7-8-32-28)29(27)35-30/h2-3,5-8,19-21H,4,9-18,22H2,1H3,(H,33,34,35)/b3-2+. The summed E-state index contributed by atoms with van der Waals surface area (Å²) in [7, 11) is 1.60. The van der Waals surface area contributed by atoms with Gasteiger partial charge >= 0.3 is 6.03 Å². The molecule has 3 aromatic rings. The Morgan fingerprint density at radius 2 is 1.77 bits per heavy atom. The van der Waals surface area contributed by atoms with Gasteiger partial charge in [-0.3, -0.25) is 0 Å². The lowest BCUT2D eigenvalue weighted by Gasteiger charge is -2.40. The monoisotopic (exact) mass is 587 g/mol. The molecule has 2 amide bonds. The molecule has 0 atom stereocenters. The van der Waals surface area contributed by atoms with Crippen molar-refractivity contribution in [2.24, 2.45) is 0 Å². The highest BCUT2D eigenvalue weighted by molar-refractivity contribution is 5.75. The molecule has 3 aliphatic heterocycles. The minimum Gasteiger partial charge on any atom is -0.493 e. The van der Waals surface area contributed by atoms with E-state index in [-0.39, 0.29) is 6.03 Å². The van der Waals surface area contributed by atoms with Crippen LogP contribution in [-0.2, 0) is 16.1 Å². The number of carbonyl (C=O) groups is 1. The van der Waals surface area contributed by atoms with Crippen LogP contribution in [0.25, 0.3) is 11.3 Å². The molecule has 0 saturated carbocycles. The average molecular weight is 588 g/mol. The molecule has 43 heavy (non-hydrogen) atoms. The van der Waals surface area contributed by atoms with Crippen LogP contribution in [0.3, 0.4) is 0 Å². The van der Waals surface area contributed by atoms with Crippen LogP contribution in [0.4, 0.5) is 22.1 Å². The highest BCUT2D eigenvalue weighted by Gasteiger charge is 2.27. The van der Waals surface area contributed by atoms with Gasteiger partial charge in [-0.05, 0) is 30.7 Å². The van der Waals surface area contributed by atoms with Gasteiger partial charge in [-0.15, -0.1) is 0 Å². The van der Waals surface area contributed by atoms with Gasteiger partial charge in [0.1, 0.15) is 5.69 Å². The van der Waals surface area contributed by atoms with Crippen molar-refractivity contribution in [3.8, 4) is 22.9 Å². The second-order valence-electron chi connectivity index (χ2n) is 10.4. The Balaban J connectivity index is 1.23. The van der Waals surface area contributed by atoms with Crippen molar-refractivity contribution >= 4 is 23.4 Å². The fourth-order valence-corrected chi connectivity index (χ4v) is 5.39. The lowest BCUT2D eigenvalue weighted by molar-refractivity contribution is 0.0428. The van der Waals surface area contributed by atoms with Crippen molar-refractivity contribution in [1.82, 2.24) is 24.8 Å². The number of carbonyl (C=O) groups excluding carboxylic acids is 1. The van der Waals surface area contributed by atoms with Crippen molar-refractivity contribution in [3.05, 3.63) is 60.4 Å². The maximum absolute atomic E-state index is 13.0. The fourth-order valence-electron chi connectivity index (χ4n) is 5.39. The molecule has 0 radical (unpaired) electrons. The summed E-state index contributed by atoms with van der Waals surface area (Å²) in [6.45, 7) is 6.74. The van der Waals surface area contributed by atoms with E-state index in [2.05, 4.69) is 38.4 Å². The van der Waals surface area contributed by atoms with Crippen LogP contribution in [0.1, 0.15) is 12.0 Å². The summed E-state index contributed by atoms with van der Waals surface area (Å²) in [5.41, 5.74) is 4.44. The van der Waals surface area contributed by atoms with Gasteiger partial charge < -0.3 is 39.0 Å². The topological polar surface area (TPSA) is 114 Å². The number of hydrogen-bond donors (Lipinski definition) is 1. The molecular formula is C31H37N7O5. The van der Waals surface area contributed by atoms with Crippen LogP contribution < -0.4 is 19.7 Å². The summed E-state index contributed by atoms with van der Waals surface area (Å²) >= 11 is 0. The Labute approximate surface area is 251 Å². The van der Waals surface area contributed by atoms with E-state index < -0.39 is 0 Å². The van der Waals surface area contributed by atoms with E-state index in [0.717, 1.165) is 42.0 Å². The highest BCUT2D eigenvalue weighted by atomic mass is 16.5. The molecule has 1 aromatic carbocycles. The van der Waals surface area contributed by atoms with Crippen LogP contribution in [0.2, 0.25) is 0 Å². The number of pyridine rings is 1. The molecule has 0 spiro atoms. The molecule has 2 saturated heterocycles. The number of nitrogens with one attached hydrogen (secondary N) is 1. The Morgan fingerprint density at radius 1 is 0.930 bits per heavy atom. The van der Waals surface area contributed by atoms with Crippen molar-refractivity contribution in [3.63, 3.8) is 0 Å². The fraction of sp³-hybridized carbons (Fsp3) is 0.419. The van der Waals surface area contributed by atoms with Crippen molar-refractivity contribution in [2.75, 3.05) is 83.0 Å². The zero-order chi connectivity index (χ0) is 29.4. The lowest BCUT2D eigenvalue weighted by Crippen LogP contribution is -2.55. The first-order valence-corrected chi connectivity index (χ1v) is 14.7. The minimum atomic E-state index is 0.102. The summed E-state index contributed by atoms with van der Waals surface area (Å²) < 4.78 is 22.9. The number of piperazine rings is 1. The number of hydrogen-bond acceptors (Lipinski definition) is 10. The van der Waals surface area contributed by atoms with E-state index >= 15 is 0 Å². The molecule has 6 rings (SSSR count). The van der Waals surface area contributed by atoms with E-state index in [0.29, 0.717) is 82.5 Å². The summed E-state index contributed by atoms with van der Waals surface area (Å²) in [6, 6.07) is 10.0. The molecule has 2 aromatic heterocycles. The van der Waals surface area contributed by atoms with Gasteiger partial charge in [0.05, 0.1) is 46.3 Å². The van der Waals surface area contributed by atoms with Crippen LogP contribution >= 0.6 is 0 Å². The number of benzene rings is 1. The molecule has 1 N–H and O–H groups in total. The third-order valence-electron chi connectivity index (χ3n) is 7.66. The zero-order valence-electron chi connectivity index (χ0n) is 24.4. The second-order valence-corrected chi connectivity index (χ2v) is 10.4. The minimum absolute atomic E-state index is 0.102. The van der Waals surface area contributed by atoms with Gasteiger partial charge in [0, 0.05) is 74.0 Å². The Bertz CT molecular complexity index is 1440.